The molecule has 19 heavy (non-hydrogen) atoms. The van der Waals surface area contributed by atoms with Crippen molar-refractivity contribution in [2.75, 3.05) is 39.9 Å². The van der Waals surface area contributed by atoms with Gasteiger partial charge in [-0.3, -0.25) is 0 Å². The molecule has 2 bridgehead atoms. The van der Waals surface area contributed by atoms with Crippen LogP contribution in [0, 0.1) is 12.8 Å². The molecule has 0 saturated carbocycles. The first-order chi connectivity index (χ1) is 9.24. The molecular weight excluding hydrogens is 258 g/mol. The van der Waals surface area contributed by atoms with Crippen LogP contribution >= 0.6 is 11.3 Å². The van der Waals surface area contributed by atoms with Crippen molar-refractivity contribution in [1.82, 2.24) is 15.2 Å². The number of hydrogen-bond donors (Lipinski definition) is 1. The highest BCUT2D eigenvalue weighted by atomic mass is 32.1. The van der Waals surface area contributed by atoms with Gasteiger partial charge in [-0.2, -0.15) is 0 Å². The lowest BCUT2D eigenvalue weighted by Gasteiger charge is -2.42. The zero-order chi connectivity index (χ0) is 13.3. The van der Waals surface area contributed by atoms with Gasteiger partial charge in [-0.25, -0.2) is 4.98 Å². The Kier molecular flexibility index (Phi) is 3.89. The van der Waals surface area contributed by atoms with Crippen LogP contribution in [0.25, 0.3) is 0 Å². The van der Waals surface area contributed by atoms with Crippen molar-refractivity contribution in [2.24, 2.45) is 5.92 Å². The SMILES string of the molecule is COCCNC1(c2nc(C)cs2)CCN2CCC1C2. The predicted molar refractivity (Wildman–Crippen MR) is 77.6 cm³/mol. The summed E-state index contributed by atoms with van der Waals surface area (Å²) in [5, 5.41) is 7.25. The molecule has 2 saturated heterocycles. The van der Waals surface area contributed by atoms with Crippen molar-refractivity contribution in [1.29, 1.82) is 0 Å². The summed E-state index contributed by atoms with van der Waals surface area (Å²) < 4.78 is 5.21. The minimum Gasteiger partial charge on any atom is -0.383 e. The molecule has 5 heteroatoms. The lowest BCUT2D eigenvalue weighted by Crippen LogP contribution is -2.54. The number of aromatic nitrogens is 1. The monoisotopic (exact) mass is 281 g/mol. The Hall–Kier alpha value is -0.490. The minimum atomic E-state index is 0.0878. The quantitative estimate of drug-likeness (QED) is 0.832. The Labute approximate surface area is 119 Å². The van der Waals surface area contributed by atoms with Gasteiger partial charge in [0.1, 0.15) is 5.01 Å². The Morgan fingerprint density at radius 3 is 3.21 bits per heavy atom. The molecule has 2 aliphatic rings. The molecule has 4 nitrogen and oxygen atoms in total. The summed E-state index contributed by atoms with van der Waals surface area (Å²) in [6.45, 7) is 7.43. The summed E-state index contributed by atoms with van der Waals surface area (Å²) in [4.78, 5) is 7.38. The second kappa shape index (κ2) is 5.48. The van der Waals surface area contributed by atoms with Crippen LogP contribution in [0.5, 0.6) is 0 Å². The van der Waals surface area contributed by atoms with Gasteiger partial charge in [0.05, 0.1) is 12.1 Å². The summed E-state index contributed by atoms with van der Waals surface area (Å²) in [5.41, 5.74) is 1.23. The molecule has 0 aliphatic carbocycles. The number of rotatable bonds is 5. The summed E-state index contributed by atoms with van der Waals surface area (Å²) in [5.74, 6) is 0.698. The van der Waals surface area contributed by atoms with Crippen LogP contribution in [0.15, 0.2) is 5.38 Å². The van der Waals surface area contributed by atoms with E-state index in [4.69, 9.17) is 9.72 Å². The Balaban J connectivity index is 1.86. The second-order valence-corrected chi connectivity index (χ2v) is 6.58. The van der Waals surface area contributed by atoms with E-state index in [1.165, 1.54) is 37.5 Å². The topological polar surface area (TPSA) is 37.4 Å². The van der Waals surface area contributed by atoms with Gasteiger partial charge in [0, 0.05) is 37.8 Å². The van der Waals surface area contributed by atoms with Gasteiger partial charge in [-0.15, -0.1) is 11.3 Å². The lowest BCUT2D eigenvalue weighted by atomic mass is 9.79. The van der Waals surface area contributed by atoms with E-state index >= 15 is 0 Å². The Bertz CT molecular complexity index is 436. The maximum absolute atomic E-state index is 5.21. The van der Waals surface area contributed by atoms with Gasteiger partial charge in [0.2, 0.25) is 0 Å². The fraction of sp³-hybridized carbons (Fsp3) is 0.786. The van der Waals surface area contributed by atoms with Gasteiger partial charge >= 0.3 is 0 Å². The van der Waals surface area contributed by atoms with Crippen molar-refractivity contribution in [3.8, 4) is 0 Å². The van der Waals surface area contributed by atoms with Crippen LogP contribution in [0.4, 0.5) is 0 Å². The van der Waals surface area contributed by atoms with Crippen LogP contribution in [-0.2, 0) is 10.3 Å². The lowest BCUT2D eigenvalue weighted by molar-refractivity contribution is 0.112. The average Bonchev–Trinajstić information content (AvgIpc) is 3.01. The van der Waals surface area contributed by atoms with Gasteiger partial charge in [0.15, 0.2) is 0 Å². The number of thiazole rings is 1. The van der Waals surface area contributed by atoms with Crippen molar-refractivity contribution in [2.45, 2.75) is 25.3 Å². The number of piperidine rings is 1. The van der Waals surface area contributed by atoms with Gasteiger partial charge < -0.3 is 15.0 Å². The molecule has 3 rings (SSSR count). The second-order valence-electron chi connectivity index (χ2n) is 5.72. The predicted octanol–water partition coefficient (Wildman–Crippen LogP) is 1.61. The number of nitrogens with one attached hydrogen (secondary N) is 1. The molecule has 0 aromatic carbocycles. The van der Waals surface area contributed by atoms with Crippen molar-refractivity contribution < 1.29 is 4.74 Å². The number of nitrogens with zero attached hydrogens (tertiary/aromatic N) is 2. The number of hydrogen-bond acceptors (Lipinski definition) is 5. The molecule has 3 heterocycles. The van der Waals surface area contributed by atoms with E-state index in [1.807, 2.05) is 11.3 Å². The molecule has 0 spiro atoms. The molecule has 2 aliphatic heterocycles. The molecule has 0 amide bonds. The fourth-order valence-electron chi connectivity index (χ4n) is 3.50. The standard InChI is InChI=1S/C14H23N3OS/c1-11-10-19-13(16-11)14(15-5-8-18-2)4-7-17-6-3-12(14)9-17/h10,12,15H,3-9H2,1-2H3. The smallest absolute Gasteiger partial charge is 0.113 e. The van der Waals surface area contributed by atoms with Crippen molar-refractivity contribution in [3.05, 3.63) is 16.1 Å². The highest BCUT2D eigenvalue weighted by Crippen LogP contribution is 2.43. The molecule has 3 atom stereocenters. The molecule has 3 unspecified atom stereocenters. The molecular formula is C14H23N3OS. The molecule has 0 radical (unpaired) electrons. The van der Waals surface area contributed by atoms with Crippen LogP contribution in [0.1, 0.15) is 23.5 Å². The van der Waals surface area contributed by atoms with Crippen LogP contribution in [0.2, 0.25) is 0 Å². The summed E-state index contributed by atoms with van der Waals surface area (Å²) in [6, 6.07) is 0. The number of ether oxygens (including phenoxy) is 1. The normalized spacial score (nSPS) is 33.8. The largest absolute Gasteiger partial charge is 0.383 e. The summed E-state index contributed by atoms with van der Waals surface area (Å²) >= 11 is 1.82. The van der Waals surface area contributed by atoms with Gasteiger partial charge in [-0.05, 0) is 32.2 Å². The van der Waals surface area contributed by atoms with Crippen LogP contribution in [0.3, 0.4) is 0 Å². The molecule has 1 aromatic heterocycles. The van der Waals surface area contributed by atoms with E-state index in [0.717, 1.165) is 18.8 Å². The van der Waals surface area contributed by atoms with Crippen LogP contribution in [-0.4, -0.2) is 49.8 Å². The Morgan fingerprint density at radius 1 is 1.58 bits per heavy atom. The zero-order valence-electron chi connectivity index (χ0n) is 11.8. The summed E-state index contributed by atoms with van der Waals surface area (Å²) in [6.07, 6.45) is 2.47. The minimum absolute atomic E-state index is 0.0878. The third kappa shape index (κ3) is 2.44. The summed E-state index contributed by atoms with van der Waals surface area (Å²) in [7, 11) is 1.76. The van der Waals surface area contributed by atoms with Crippen molar-refractivity contribution >= 4 is 11.3 Å². The van der Waals surface area contributed by atoms with Gasteiger partial charge in [0.25, 0.3) is 0 Å². The average molecular weight is 281 g/mol. The first-order valence-corrected chi connectivity index (χ1v) is 8.01. The molecule has 1 aromatic rings. The fourth-order valence-corrected chi connectivity index (χ4v) is 4.58. The molecule has 1 N–H and O–H groups in total. The first-order valence-electron chi connectivity index (χ1n) is 7.13. The van der Waals surface area contributed by atoms with E-state index in [0.29, 0.717) is 5.92 Å². The Morgan fingerprint density at radius 2 is 2.47 bits per heavy atom. The maximum atomic E-state index is 5.21. The number of fused-ring (bicyclic) bond motifs is 2. The molecule has 2 fully saturated rings. The van der Waals surface area contributed by atoms with Crippen LogP contribution < -0.4 is 5.32 Å². The highest BCUT2D eigenvalue weighted by molar-refractivity contribution is 7.09. The maximum Gasteiger partial charge on any atom is 0.113 e. The third-order valence-corrected chi connectivity index (χ3v) is 5.68. The number of methoxy groups -OCH3 is 1. The highest BCUT2D eigenvalue weighted by Gasteiger charge is 2.48. The third-order valence-electron chi connectivity index (χ3n) is 4.54. The zero-order valence-corrected chi connectivity index (χ0v) is 12.6. The van der Waals surface area contributed by atoms with Crippen molar-refractivity contribution in [3.63, 3.8) is 0 Å². The van der Waals surface area contributed by atoms with E-state index in [2.05, 4.69) is 22.5 Å². The van der Waals surface area contributed by atoms with E-state index in [1.54, 1.807) is 7.11 Å². The molecule has 106 valence electrons. The number of aryl methyl sites for hydroxylation is 1. The first kappa shape index (κ1) is 13.5. The van der Waals surface area contributed by atoms with E-state index in [-0.39, 0.29) is 5.54 Å². The van der Waals surface area contributed by atoms with Gasteiger partial charge in [-0.1, -0.05) is 0 Å². The van der Waals surface area contributed by atoms with E-state index in [9.17, 15) is 0 Å². The van der Waals surface area contributed by atoms with E-state index < -0.39 is 0 Å².